The van der Waals surface area contributed by atoms with E-state index in [2.05, 4.69) is 20.7 Å². The highest BCUT2D eigenvalue weighted by molar-refractivity contribution is 9.11. The summed E-state index contributed by atoms with van der Waals surface area (Å²) >= 11 is 4.92. The molecule has 5 nitrogen and oxygen atoms in total. The summed E-state index contributed by atoms with van der Waals surface area (Å²) in [5.41, 5.74) is 6.09. The monoisotopic (exact) mass is 385 g/mol. The van der Waals surface area contributed by atoms with Crippen molar-refractivity contribution in [2.75, 3.05) is 12.3 Å². The van der Waals surface area contributed by atoms with Crippen molar-refractivity contribution >= 4 is 43.0 Å². The molecule has 2 aromatic rings. The third-order valence-electron chi connectivity index (χ3n) is 2.72. The van der Waals surface area contributed by atoms with E-state index < -0.39 is 10.0 Å². The van der Waals surface area contributed by atoms with E-state index in [9.17, 15) is 8.42 Å². The molecule has 0 fully saturated rings. The molecule has 1 aromatic carbocycles. The van der Waals surface area contributed by atoms with Gasteiger partial charge in [0.25, 0.3) is 0 Å². The molecule has 0 aliphatic carbocycles. The normalized spacial score (nSPS) is 11.2. The van der Waals surface area contributed by atoms with Crippen molar-refractivity contribution in [3.8, 4) is 6.07 Å². The average Bonchev–Trinajstić information content (AvgIpc) is 2.83. The lowest BCUT2D eigenvalue weighted by atomic mass is 10.2. The van der Waals surface area contributed by atoms with Crippen LogP contribution in [0.25, 0.3) is 0 Å². The average molecular weight is 386 g/mol. The molecule has 1 heterocycles. The Labute approximate surface area is 135 Å². The maximum absolute atomic E-state index is 12.2. The predicted molar refractivity (Wildman–Crippen MR) is 86.5 cm³/mol. The van der Waals surface area contributed by atoms with Gasteiger partial charge in [0.15, 0.2) is 0 Å². The molecule has 1 aromatic heterocycles. The van der Waals surface area contributed by atoms with Crippen LogP contribution in [0, 0.1) is 11.3 Å². The van der Waals surface area contributed by atoms with Gasteiger partial charge in [0.2, 0.25) is 10.0 Å². The van der Waals surface area contributed by atoms with Gasteiger partial charge in [-0.3, -0.25) is 0 Å². The minimum absolute atomic E-state index is 0.00569. The molecule has 0 saturated heterocycles. The Kier molecular flexibility index (Phi) is 5.00. The molecular weight excluding hydrogens is 374 g/mol. The third-order valence-corrected chi connectivity index (χ3v) is 5.94. The maximum Gasteiger partial charge on any atom is 0.242 e. The van der Waals surface area contributed by atoms with Gasteiger partial charge in [-0.2, -0.15) is 5.26 Å². The topological polar surface area (TPSA) is 96.0 Å². The second kappa shape index (κ2) is 6.58. The van der Waals surface area contributed by atoms with Gasteiger partial charge < -0.3 is 5.73 Å². The maximum atomic E-state index is 12.2. The van der Waals surface area contributed by atoms with Gasteiger partial charge in [0.05, 0.1) is 21.1 Å². The fourth-order valence-electron chi connectivity index (χ4n) is 1.74. The number of benzene rings is 1. The van der Waals surface area contributed by atoms with Crippen molar-refractivity contribution in [2.24, 2.45) is 0 Å². The van der Waals surface area contributed by atoms with E-state index in [1.165, 1.54) is 18.2 Å². The standard InChI is InChI=1S/C13H12BrN3O2S2/c14-13-4-2-10(20-13)5-6-17-21(18,19)12-3-1-9(8-15)7-11(12)16/h1-4,7,17H,5-6,16H2. The van der Waals surface area contributed by atoms with E-state index in [0.29, 0.717) is 12.0 Å². The lowest BCUT2D eigenvalue weighted by Gasteiger charge is -2.08. The van der Waals surface area contributed by atoms with Gasteiger partial charge in [0, 0.05) is 11.4 Å². The Morgan fingerprint density at radius 2 is 2.10 bits per heavy atom. The first-order valence-electron chi connectivity index (χ1n) is 5.96. The van der Waals surface area contributed by atoms with Gasteiger partial charge >= 0.3 is 0 Å². The molecule has 0 spiro atoms. The van der Waals surface area contributed by atoms with Crippen molar-refractivity contribution < 1.29 is 8.42 Å². The number of sulfonamides is 1. The van der Waals surface area contributed by atoms with E-state index in [-0.39, 0.29) is 17.1 Å². The fourth-order valence-corrected chi connectivity index (χ4v) is 4.36. The molecule has 0 unspecified atom stereocenters. The number of nitriles is 1. The van der Waals surface area contributed by atoms with E-state index in [4.69, 9.17) is 11.0 Å². The summed E-state index contributed by atoms with van der Waals surface area (Å²) in [4.78, 5) is 1.08. The van der Waals surface area contributed by atoms with Crippen LogP contribution in [0.4, 0.5) is 5.69 Å². The van der Waals surface area contributed by atoms with Crippen LogP contribution in [0.15, 0.2) is 39.0 Å². The fraction of sp³-hybridized carbons (Fsp3) is 0.154. The number of nitrogens with one attached hydrogen (secondary N) is 1. The van der Waals surface area contributed by atoms with Crippen molar-refractivity contribution in [1.82, 2.24) is 4.72 Å². The van der Waals surface area contributed by atoms with Crippen LogP contribution in [-0.2, 0) is 16.4 Å². The molecule has 0 aliphatic rings. The summed E-state index contributed by atoms with van der Waals surface area (Å²) in [6.45, 7) is 0.286. The molecule has 110 valence electrons. The van der Waals surface area contributed by atoms with Crippen LogP contribution in [0.1, 0.15) is 10.4 Å². The van der Waals surface area contributed by atoms with E-state index in [1.54, 1.807) is 11.3 Å². The van der Waals surface area contributed by atoms with Crippen molar-refractivity contribution in [1.29, 1.82) is 5.26 Å². The van der Waals surface area contributed by atoms with Crippen LogP contribution in [0.3, 0.4) is 0 Å². The molecule has 2 rings (SSSR count). The zero-order valence-electron chi connectivity index (χ0n) is 10.8. The van der Waals surface area contributed by atoms with Gasteiger partial charge in [-0.05, 0) is 52.7 Å². The minimum Gasteiger partial charge on any atom is -0.398 e. The van der Waals surface area contributed by atoms with E-state index >= 15 is 0 Å². The largest absolute Gasteiger partial charge is 0.398 e. The number of halogens is 1. The highest BCUT2D eigenvalue weighted by Gasteiger charge is 2.17. The number of rotatable bonds is 5. The molecule has 0 atom stereocenters. The Morgan fingerprint density at radius 1 is 1.33 bits per heavy atom. The number of thiophene rings is 1. The Balaban J connectivity index is 2.06. The Morgan fingerprint density at radius 3 is 2.67 bits per heavy atom. The molecule has 21 heavy (non-hydrogen) atoms. The third kappa shape index (κ3) is 4.04. The first-order chi connectivity index (χ1) is 9.92. The molecule has 0 aliphatic heterocycles. The number of nitrogens with two attached hydrogens (primary N) is 1. The van der Waals surface area contributed by atoms with Crippen LogP contribution in [-0.4, -0.2) is 15.0 Å². The quantitative estimate of drug-likeness (QED) is 0.772. The lowest BCUT2D eigenvalue weighted by Crippen LogP contribution is -2.26. The summed E-state index contributed by atoms with van der Waals surface area (Å²) in [7, 11) is -3.67. The van der Waals surface area contributed by atoms with Crippen LogP contribution >= 0.6 is 27.3 Å². The van der Waals surface area contributed by atoms with Gasteiger partial charge in [0.1, 0.15) is 4.90 Å². The summed E-state index contributed by atoms with van der Waals surface area (Å²) < 4.78 is 27.9. The zero-order valence-corrected chi connectivity index (χ0v) is 14.1. The summed E-state index contributed by atoms with van der Waals surface area (Å²) in [6.07, 6.45) is 0.603. The number of nitrogens with zero attached hydrogens (tertiary/aromatic N) is 1. The Bertz CT molecular complexity index is 794. The number of hydrogen-bond acceptors (Lipinski definition) is 5. The van der Waals surface area contributed by atoms with Gasteiger partial charge in [-0.1, -0.05) is 0 Å². The zero-order chi connectivity index (χ0) is 15.5. The van der Waals surface area contributed by atoms with Crippen molar-refractivity contribution in [3.05, 3.63) is 44.6 Å². The van der Waals surface area contributed by atoms with Crippen LogP contribution in [0.2, 0.25) is 0 Å². The molecule has 3 N–H and O–H groups in total. The molecular formula is C13H12BrN3O2S2. The van der Waals surface area contributed by atoms with Crippen molar-refractivity contribution in [3.63, 3.8) is 0 Å². The lowest BCUT2D eigenvalue weighted by molar-refractivity contribution is 0.582. The number of hydrogen-bond donors (Lipinski definition) is 2. The molecule has 0 bridgehead atoms. The summed E-state index contributed by atoms with van der Waals surface area (Å²) in [5, 5.41) is 8.75. The summed E-state index contributed by atoms with van der Waals surface area (Å²) in [5.74, 6) is 0. The highest BCUT2D eigenvalue weighted by atomic mass is 79.9. The minimum atomic E-state index is -3.67. The predicted octanol–water partition coefficient (Wildman–Crippen LogP) is 2.49. The molecule has 0 amide bonds. The van der Waals surface area contributed by atoms with Crippen molar-refractivity contribution in [2.45, 2.75) is 11.3 Å². The van der Waals surface area contributed by atoms with E-state index in [0.717, 1.165) is 8.66 Å². The second-order valence-electron chi connectivity index (χ2n) is 4.22. The number of nitrogen functional groups attached to an aromatic ring is 1. The second-order valence-corrected chi connectivity index (χ2v) is 8.50. The van der Waals surface area contributed by atoms with Gasteiger partial charge in [-0.25, -0.2) is 13.1 Å². The number of anilines is 1. The first kappa shape index (κ1) is 16.0. The molecule has 0 radical (unpaired) electrons. The van der Waals surface area contributed by atoms with Gasteiger partial charge in [-0.15, -0.1) is 11.3 Å². The Hall–Kier alpha value is -1.40. The first-order valence-corrected chi connectivity index (χ1v) is 9.05. The van der Waals surface area contributed by atoms with Crippen LogP contribution in [0.5, 0.6) is 0 Å². The SMILES string of the molecule is N#Cc1ccc(S(=O)(=O)NCCc2ccc(Br)s2)c(N)c1. The molecule has 0 saturated carbocycles. The smallest absolute Gasteiger partial charge is 0.242 e. The molecule has 8 heteroatoms. The summed E-state index contributed by atoms with van der Waals surface area (Å²) in [6, 6.07) is 9.91. The van der Waals surface area contributed by atoms with E-state index in [1.807, 2.05) is 18.2 Å². The van der Waals surface area contributed by atoms with Crippen LogP contribution < -0.4 is 10.5 Å². The highest BCUT2D eigenvalue weighted by Crippen LogP contribution is 2.23.